The number of aliphatic hydroxyl groups is 1. The van der Waals surface area contributed by atoms with E-state index < -0.39 is 11.4 Å². The van der Waals surface area contributed by atoms with Crippen molar-refractivity contribution in [3.63, 3.8) is 0 Å². The Kier molecular flexibility index (Phi) is 4.70. The van der Waals surface area contributed by atoms with Gasteiger partial charge in [0.2, 0.25) is 5.91 Å². The van der Waals surface area contributed by atoms with Crippen molar-refractivity contribution in [1.29, 1.82) is 0 Å². The van der Waals surface area contributed by atoms with E-state index in [2.05, 4.69) is 10.6 Å². The Morgan fingerprint density at radius 1 is 1.44 bits per heavy atom. The van der Waals surface area contributed by atoms with Gasteiger partial charge in [-0.25, -0.2) is 0 Å². The number of aliphatic carboxylic acids is 1. The van der Waals surface area contributed by atoms with Crippen molar-refractivity contribution in [2.75, 3.05) is 26.2 Å². The van der Waals surface area contributed by atoms with Crippen molar-refractivity contribution >= 4 is 11.9 Å². The van der Waals surface area contributed by atoms with Gasteiger partial charge in [0.05, 0.1) is 12.0 Å². The van der Waals surface area contributed by atoms with Crippen LogP contribution in [-0.4, -0.2) is 48.3 Å². The van der Waals surface area contributed by atoms with E-state index in [4.69, 9.17) is 5.11 Å². The van der Waals surface area contributed by atoms with Crippen LogP contribution in [0.25, 0.3) is 0 Å². The number of amides is 1. The highest BCUT2D eigenvalue weighted by atomic mass is 16.4. The molecule has 4 N–H and O–H groups in total. The van der Waals surface area contributed by atoms with Crippen molar-refractivity contribution in [2.45, 2.75) is 19.3 Å². The molecular weight excluding hydrogens is 212 g/mol. The molecule has 0 radical (unpaired) electrons. The number of carboxylic acid groups (broad SMARTS) is 1. The van der Waals surface area contributed by atoms with E-state index in [1.54, 1.807) is 0 Å². The molecule has 16 heavy (non-hydrogen) atoms. The Labute approximate surface area is 94.0 Å². The molecule has 1 rings (SSSR count). The van der Waals surface area contributed by atoms with Gasteiger partial charge in [0.15, 0.2) is 0 Å². The SMILES string of the molecule is O=C(CC1(C(=O)O)CCCNC1)NCCO. The highest BCUT2D eigenvalue weighted by Crippen LogP contribution is 2.30. The van der Waals surface area contributed by atoms with Crippen molar-refractivity contribution < 1.29 is 19.8 Å². The summed E-state index contributed by atoms with van der Waals surface area (Å²) in [5.74, 6) is -1.25. The molecule has 0 spiro atoms. The number of aliphatic hydroxyl groups excluding tert-OH is 1. The molecule has 1 aliphatic rings. The molecule has 1 saturated heterocycles. The summed E-state index contributed by atoms with van der Waals surface area (Å²) in [5.41, 5.74) is -0.988. The van der Waals surface area contributed by atoms with Gasteiger partial charge in [0.25, 0.3) is 0 Å². The number of rotatable bonds is 5. The van der Waals surface area contributed by atoms with E-state index in [1.165, 1.54) is 0 Å². The first-order valence-electron chi connectivity index (χ1n) is 5.42. The van der Waals surface area contributed by atoms with Gasteiger partial charge in [0, 0.05) is 19.5 Å². The molecule has 1 amide bonds. The highest BCUT2D eigenvalue weighted by molar-refractivity contribution is 5.85. The van der Waals surface area contributed by atoms with Crippen LogP contribution >= 0.6 is 0 Å². The second-order valence-corrected chi connectivity index (χ2v) is 4.12. The van der Waals surface area contributed by atoms with Crippen molar-refractivity contribution in [2.24, 2.45) is 5.41 Å². The maximum atomic E-state index is 11.5. The van der Waals surface area contributed by atoms with Gasteiger partial charge in [-0.2, -0.15) is 0 Å². The summed E-state index contributed by atoms with van der Waals surface area (Å²) >= 11 is 0. The fraction of sp³-hybridized carbons (Fsp3) is 0.800. The molecule has 1 fully saturated rings. The molecule has 1 unspecified atom stereocenters. The normalized spacial score (nSPS) is 25.1. The van der Waals surface area contributed by atoms with E-state index >= 15 is 0 Å². The molecule has 6 nitrogen and oxygen atoms in total. The number of hydrogen-bond acceptors (Lipinski definition) is 4. The quantitative estimate of drug-likeness (QED) is 0.482. The monoisotopic (exact) mass is 230 g/mol. The van der Waals surface area contributed by atoms with Crippen LogP contribution in [-0.2, 0) is 9.59 Å². The Bertz CT molecular complexity index is 262. The van der Waals surface area contributed by atoms with Gasteiger partial charge >= 0.3 is 5.97 Å². The zero-order valence-electron chi connectivity index (χ0n) is 9.16. The largest absolute Gasteiger partial charge is 0.481 e. The maximum Gasteiger partial charge on any atom is 0.311 e. The summed E-state index contributed by atoms with van der Waals surface area (Å²) in [7, 11) is 0. The summed E-state index contributed by atoms with van der Waals surface area (Å²) in [6, 6.07) is 0. The van der Waals surface area contributed by atoms with E-state index in [1.807, 2.05) is 0 Å². The van der Waals surface area contributed by atoms with Crippen LogP contribution in [0.5, 0.6) is 0 Å². The van der Waals surface area contributed by atoms with Crippen LogP contribution in [0.1, 0.15) is 19.3 Å². The van der Waals surface area contributed by atoms with Crippen LogP contribution < -0.4 is 10.6 Å². The molecular formula is C10H18N2O4. The minimum atomic E-state index is -0.988. The van der Waals surface area contributed by atoms with Crippen LogP contribution in [0.15, 0.2) is 0 Å². The lowest BCUT2D eigenvalue weighted by molar-refractivity contribution is -0.153. The second-order valence-electron chi connectivity index (χ2n) is 4.12. The smallest absolute Gasteiger partial charge is 0.311 e. The van der Waals surface area contributed by atoms with Crippen LogP contribution in [0.3, 0.4) is 0 Å². The lowest BCUT2D eigenvalue weighted by Gasteiger charge is -2.33. The molecule has 1 atom stereocenters. The van der Waals surface area contributed by atoms with Gasteiger partial charge in [-0.1, -0.05) is 0 Å². The average molecular weight is 230 g/mol. The maximum absolute atomic E-state index is 11.5. The van der Waals surface area contributed by atoms with Gasteiger partial charge in [-0.15, -0.1) is 0 Å². The molecule has 0 aromatic heterocycles. The van der Waals surface area contributed by atoms with Gasteiger partial charge in [-0.3, -0.25) is 9.59 Å². The van der Waals surface area contributed by atoms with Gasteiger partial charge in [-0.05, 0) is 19.4 Å². The lowest BCUT2D eigenvalue weighted by Crippen LogP contribution is -2.48. The number of hydrogen-bond donors (Lipinski definition) is 4. The number of carbonyl (C=O) groups is 2. The number of nitrogens with one attached hydrogen (secondary N) is 2. The molecule has 0 saturated carbocycles. The van der Waals surface area contributed by atoms with E-state index in [9.17, 15) is 14.7 Å². The second kappa shape index (κ2) is 5.81. The predicted molar refractivity (Wildman–Crippen MR) is 56.9 cm³/mol. The van der Waals surface area contributed by atoms with E-state index in [-0.39, 0.29) is 25.5 Å². The fourth-order valence-corrected chi connectivity index (χ4v) is 1.94. The first-order valence-corrected chi connectivity index (χ1v) is 5.42. The Balaban J connectivity index is 2.56. The average Bonchev–Trinajstić information content (AvgIpc) is 2.27. The fourth-order valence-electron chi connectivity index (χ4n) is 1.94. The summed E-state index contributed by atoms with van der Waals surface area (Å²) in [5, 5.41) is 23.2. The summed E-state index contributed by atoms with van der Waals surface area (Å²) in [4.78, 5) is 22.7. The Morgan fingerprint density at radius 2 is 2.19 bits per heavy atom. The Hall–Kier alpha value is -1.14. The zero-order chi connectivity index (χ0) is 12.0. The third-order valence-corrected chi connectivity index (χ3v) is 2.86. The summed E-state index contributed by atoms with van der Waals surface area (Å²) < 4.78 is 0. The van der Waals surface area contributed by atoms with Crippen molar-refractivity contribution in [1.82, 2.24) is 10.6 Å². The van der Waals surface area contributed by atoms with Crippen LogP contribution in [0, 0.1) is 5.41 Å². The minimum Gasteiger partial charge on any atom is -0.481 e. The van der Waals surface area contributed by atoms with E-state index in [0.29, 0.717) is 13.0 Å². The highest BCUT2D eigenvalue weighted by Gasteiger charge is 2.41. The standard InChI is InChI=1S/C10H18N2O4/c13-5-4-12-8(14)6-10(9(15)16)2-1-3-11-7-10/h11,13H,1-7H2,(H,12,14)(H,15,16). The molecule has 6 heteroatoms. The molecule has 0 aliphatic carbocycles. The summed E-state index contributed by atoms with van der Waals surface area (Å²) in [6.07, 6.45) is 1.25. The third kappa shape index (κ3) is 3.18. The van der Waals surface area contributed by atoms with Crippen molar-refractivity contribution in [3.8, 4) is 0 Å². The van der Waals surface area contributed by atoms with E-state index in [0.717, 1.165) is 13.0 Å². The lowest BCUT2D eigenvalue weighted by atomic mass is 9.77. The number of carboxylic acids is 1. The Morgan fingerprint density at radius 3 is 2.69 bits per heavy atom. The summed E-state index contributed by atoms with van der Waals surface area (Å²) in [6.45, 7) is 1.16. The molecule has 1 aliphatic heterocycles. The minimum absolute atomic E-state index is 0.0324. The first kappa shape index (κ1) is 12.9. The third-order valence-electron chi connectivity index (χ3n) is 2.86. The van der Waals surface area contributed by atoms with Gasteiger partial charge in [0.1, 0.15) is 0 Å². The van der Waals surface area contributed by atoms with Crippen molar-refractivity contribution in [3.05, 3.63) is 0 Å². The first-order chi connectivity index (χ1) is 7.60. The number of carbonyl (C=O) groups excluding carboxylic acids is 1. The van der Waals surface area contributed by atoms with Crippen LogP contribution in [0.4, 0.5) is 0 Å². The topological polar surface area (TPSA) is 98.7 Å². The molecule has 92 valence electrons. The number of piperidine rings is 1. The predicted octanol–water partition coefficient (Wildman–Crippen LogP) is -1.06. The molecule has 0 aromatic carbocycles. The molecule has 0 bridgehead atoms. The van der Waals surface area contributed by atoms with Crippen LogP contribution in [0.2, 0.25) is 0 Å². The molecule has 1 heterocycles. The zero-order valence-corrected chi connectivity index (χ0v) is 9.16. The molecule has 0 aromatic rings. The van der Waals surface area contributed by atoms with Gasteiger partial charge < -0.3 is 20.8 Å².